The zero-order valence-corrected chi connectivity index (χ0v) is 14.4. The minimum Gasteiger partial charge on any atom is -0.301 e. The first-order chi connectivity index (χ1) is 11.2. The fourth-order valence-corrected chi connectivity index (χ4v) is 2.81. The Labute approximate surface area is 142 Å². The lowest BCUT2D eigenvalue weighted by Crippen LogP contribution is -2.34. The Kier molecular flexibility index (Phi) is 5.26. The van der Waals surface area contributed by atoms with Crippen LogP contribution >= 0.6 is 11.3 Å². The number of rotatable bonds is 6. The van der Waals surface area contributed by atoms with Gasteiger partial charge < -0.3 is 5.32 Å². The number of hydrogen-bond acceptors (Lipinski definition) is 7. The van der Waals surface area contributed by atoms with Crippen LogP contribution in [0.4, 0.5) is 10.8 Å². The van der Waals surface area contributed by atoms with Crippen LogP contribution in [0, 0.1) is 10.1 Å². The number of aromatic nitrogens is 1. The fraction of sp³-hybridized carbons (Fsp3) is 0.231. The van der Waals surface area contributed by atoms with Crippen molar-refractivity contribution in [3.05, 3.63) is 39.8 Å². The molecule has 0 radical (unpaired) electrons. The molecule has 2 rings (SSSR count). The lowest BCUT2D eigenvalue weighted by atomic mass is 10.1. The van der Waals surface area contributed by atoms with Gasteiger partial charge in [0.2, 0.25) is 15.9 Å². The Morgan fingerprint density at radius 1 is 1.46 bits per heavy atom. The summed E-state index contributed by atoms with van der Waals surface area (Å²) in [6.45, 7) is -0.329. The summed E-state index contributed by atoms with van der Waals surface area (Å²) in [6, 6.07) is 5.98. The van der Waals surface area contributed by atoms with Gasteiger partial charge in [-0.1, -0.05) is 12.1 Å². The third-order valence-electron chi connectivity index (χ3n) is 3.04. The summed E-state index contributed by atoms with van der Waals surface area (Å²) in [6.07, 6.45) is 1.00. The Morgan fingerprint density at radius 3 is 2.79 bits per heavy atom. The van der Waals surface area contributed by atoms with Gasteiger partial charge >= 0.3 is 0 Å². The van der Waals surface area contributed by atoms with E-state index in [9.17, 15) is 23.3 Å². The molecule has 0 saturated heterocycles. The molecule has 0 unspecified atom stereocenters. The normalized spacial score (nSPS) is 11.5. The van der Waals surface area contributed by atoms with Gasteiger partial charge in [0.1, 0.15) is 0 Å². The Balaban J connectivity index is 2.10. The highest BCUT2D eigenvalue weighted by Gasteiger charge is 2.16. The number of sulfonamides is 1. The fourth-order valence-electron chi connectivity index (χ4n) is 1.72. The Hall–Kier alpha value is -2.37. The van der Waals surface area contributed by atoms with Crippen LogP contribution in [0.1, 0.15) is 0 Å². The average Bonchev–Trinajstić information content (AvgIpc) is 2.94. The van der Waals surface area contributed by atoms with Gasteiger partial charge in [0, 0.05) is 30.1 Å². The van der Waals surface area contributed by atoms with Gasteiger partial charge in [0.25, 0.3) is 5.69 Å². The molecule has 0 fully saturated rings. The van der Waals surface area contributed by atoms with E-state index in [4.69, 9.17) is 0 Å². The summed E-state index contributed by atoms with van der Waals surface area (Å²) in [7, 11) is -2.15. The molecule has 24 heavy (non-hydrogen) atoms. The maximum atomic E-state index is 11.8. The smallest absolute Gasteiger partial charge is 0.270 e. The lowest BCUT2D eigenvalue weighted by molar-refractivity contribution is -0.384. The van der Waals surface area contributed by atoms with Crippen LogP contribution in [0.5, 0.6) is 0 Å². The number of anilines is 1. The van der Waals surface area contributed by atoms with Crippen LogP contribution in [0.3, 0.4) is 0 Å². The van der Waals surface area contributed by atoms with Crippen LogP contribution in [0.2, 0.25) is 0 Å². The number of carbonyl (C=O) groups is 1. The molecular formula is C13H14N4O5S2. The van der Waals surface area contributed by atoms with E-state index in [0.29, 0.717) is 11.3 Å². The highest BCUT2D eigenvalue weighted by atomic mass is 32.2. The highest BCUT2D eigenvalue weighted by Crippen LogP contribution is 2.27. The van der Waals surface area contributed by atoms with Crippen molar-refractivity contribution in [1.29, 1.82) is 0 Å². The van der Waals surface area contributed by atoms with E-state index >= 15 is 0 Å². The van der Waals surface area contributed by atoms with Crippen molar-refractivity contribution in [1.82, 2.24) is 9.29 Å². The van der Waals surface area contributed by atoms with Crippen molar-refractivity contribution in [3.8, 4) is 11.3 Å². The molecule has 2 aromatic rings. The molecule has 1 N–H and O–H groups in total. The van der Waals surface area contributed by atoms with E-state index in [-0.39, 0.29) is 17.4 Å². The maximum Gasteiger partial charge on any atom is 0.270 e. The van der Waals surface area contributed by atoms with Crippen molar-refractivity contribution >= 4 is 38.1 Å². The summed E-state index contributed by atoms with van der Waals surface area (Å²) < 4.78 is 23.5. The average molecular weight is 370 g/mol. The minimum atomic E-state index is -3.45. The lowest BCUT2D eigenvalue weighted by Gasteiger charge is -2.12. The summed E-state index contributed by atoms with van der Waals surface area (Å²) in [5, 5.41) is 15.2. The number of carbonyl (C=O) groups excluding carboxylic acids is 1. The molecule has 0 aliphatic heterocycles. The molecule has 1 amide bonds. The number of nitrogens with one attached hydrogen (secondary N) is 1. The van der Waals surface area contributed by atoms with Crippen LogP contribution in [0.15, 0.2) is 29.6 Å². The number of benzene rings is 1. The topological polar surface area (TPSA) is 123 Å². The first-order valence-electron chi connectivity index (χ1n) is 6.58. The number of nitro benzene ring substituents is 1. The standard InChI is InChI=1S/C13H14N4O5S2/c1-16(24(2,21)22)7-12(18)15-13-14-11(8-23-13)9-4-3-5-10(6-9)17(19)20/h3-6,8H,7H2,1-2H3,(H,14,15,18). The third-order valence-corrected chi connectivity index (χ3v) is 5.05. The second-order valence-corrected chi connectivity index (χ2v) is 7.86. The van der Waals surface area contributed by atoms with E-state index in [1.54, 1.807) is 17.5 Å². The molecule has 1 heterocycles. The Bertz CT molecular complexity index is 878. The summed E-state index contributed by atoms with van der Waals surface area (Å²) in [4.78, 5) is 26.3. The number of non-ortho nitro benzene ring substituents is 1. The van der Waals surface area contributed by atoms with Crippen LogP contribution in [0.25, 0.3) is 11.3 Å². The first-order valence-corrected chi connectivity index (χ1v) is 9.31. The van der Waals surface area contributed by atoms with Crippen molar-refractivity contribution in [2.45, 2.75) is 0 Å². The zero-order chi connectivity index (χ0) is 17.9. The van der Waals surface area contributed by atoms with Crippen molar-refractivity contribution in [2.24, 2.45) is 0 Å². The molecule has 0 saturated carbocycles. The number of hydrogen-bond donors (Lipinski definition) is 1. The molecule has 0 spiro atoms. The van der Waals surface area contributed by atoms with Gasteiger partial charge in [-0.3, -0.25) is 14.9 Å². The summed E-state index contributed by atoms with van der Waals surface area (Å²) >= 11 is 1.14. The van der Waals surface area contributed by atoms with Gasteiger partial charge in [0.05, 0.1) is 23.4 Å². The van der Waals surface area contributed by atoms with E-state index in [1.807, 2.05) is 0 Å². The molecule has 1 aromatic heterocycles. The summed E-state index contributed by atoms with van der Waals surface area (Å²) in [5.74, 6) is -0.525. The van der Waals surface area contributed by atoms with E-state index < -0.39 is 20.9 Å². The van der Waals surface area contributed by atoms with Gasteiger partial charge in [-0.05, 0) is 0 Å². The molecule has 9 nitrogen and oxygen atoms in total. The second-order valence-electron chi connectivity index (χ2n) is 4.91. The Morgan fingerprint density at radius 2 is 2.17 bits per heavy atom. The van der Waals surface area contributed by atoms with Crippen LogP contribution in [-0.2, 0) is 14.8 Å². The van der Waals surface area contributed by atoms with E-state index in [0.717, 1.165) is 21.9 Å². The number of nitro groups is 1. The number of amides is 1. The van der Waals surface area contributed by atoms with Crippen LogP contribution < -0.4 is 5.32 Å². The van der Waals surface area contributed by atoms with Gasteiger partial charge in [-0.25, -0.2) is 13.4 Å². The molecule has 0 aliphatic rings. The first kappa shape index (κ1) is 18.0. The predicted octanol–water partition coefficient (Wildman–Crippen LogP) is 1.55. The van der Waals surface area contributed by atoms with E-state index in [2.05, 4.69) is 10.3 Å². The van der Waals surface area contributed by atoms with E-state index in [1.165, 1.54) is 19.2 Å². The largest absolute Gasteiger partial charge is 0.301 e. The van der Waals surface area contributed by atoms with Gasteiger partial charge in [-0.2, -0.15) is 4.31 Å². The monoisotopic (exact) mass is 370 g/mol. The molecule has 128 valence electrons. The number of thiazole rings is 1. The van der Waals surface area contributed by atoms with Crippen molar-refractivity contribution in [2.75, 3.05) is 25.2 Å². The molecule has 1 aromatic carbocycles. The number of nitrogens with zero attached hydrogens (tertiary/aromatic N) is 3. The zero-order valence-electron chi connectivity index (χ0n) is 12.8. The maximum absolute atomic E-state index is 11.8. The molecule has 0 atom stereocenters. The number of likely N-dealkylation sites (N-methyl/N-ethyl adjacent to an activating group) is 1. The predicted molar refractivity (Wildman–Crippen MR) is 90.3 cm³/mol. The summed E-state index contributed by atoms with van der Waals surface area (Å²) in [5.41, 5.74) is 0.977. The third kappa shape index (κ3) is 4.57. The molecule has 0 aliphatic carbocycles. The molecule has 11 heteroatoms. The quantitative estimate of drug-likeness (QED) is 0.608. The SMILES string of the molecule is CN(CC(=O)Nc1nc(-c2cccc([N+](=O)[O-])c2)cs1)S(C)(=O)=O. The van der Waals surface area contributed by atoms with Gasteiger partial charge in [0.15, 0.2) is 5.13 Å². The van der Waals surface area contributed by atoms with Crippen molar-refractivity contribution < 1.29 is 18.1 Å². The minimum absolute atomic E-state index is 0.0548. The van der Waals surface area contributed by atoms with Crippen molar-refractivity contribution in [3.63, 3.8) is 0 Å². The van der Waals surface area contributed by atoms with Crippen LogP contribution in [-0.4, -0.2) is 48.4 Å². The molecular weight excluding hydrogens is 356 g/mol. The second kappa shape index (κ2) is 7.03. The van der Waals surface area contributed by atoms with Gasteiger partial charge in [-0.15, -0.1) is 11.3 Å². The highest BCUT2D eigenvalue weighted by molar-refractivity contribution is 7.88. The molecule has 0 bridgehead atoms.